The second-order valence-electron chi connectivity index (χ2n) is 17.4. The van der Waals surface area contributed by atoms with Crippen LogP contribution < -0.4 is 0 Å². The fourth-order valence-electron chi connectivity index (χ4n) is 7.91. The van der Waals surface area contributed by atoms with Crippen LogP contribution in [0.2, 0.25) is 0 Å². The van der Waals surface area contributed by atoms with Crippen LogP contribution in [0.3, 0.4) is 0 Å². The van der Waals surface area contributed by atoms with Crippen molar-refractivity contribution >= 4 is 80.6 Å². The van der Waals surface area contributed by atoms with E-state index in [0.29, 0.717) is 55.9 Å². The van der Waals surface area contributed by atoms with Gasteiger partial charge in [-0.1, -0.05) is 48.5 Å². The number of aromatic nitrogens is 8. The number of alkyl halides is 17. The highest BCUT2D eigenvalue weighted by molar-refractivity contribution is 5.87. The van der Waals surface area contributed by atoms with E-state index in [1.54, 1.807) is 79.8 Å². The Morgan fingerprint density at radius 2 is 0.679 bits per heavy atom. The van der Waals surface area contributed by atoms with E-state index >= 15 is 8.78 Å². The molecule has 4 aromatic heterocycles. The Labute approximate surface area is 426 Å². The van der Waals surface area contributed by atoms with Crippen molar-refractivity contribution in [3.8, 4) is 0 Å². The van der Waals surface area contributed by atoms with Crippen molar-refractivity contribution in [2.45, 2.75) is 73.4 Å². The number of rotatable bonds is 15. The van der Waals surface area contributed by atoms with Gasteiger partial charge in [0.05, 0.1) is 96.7 Å². The van der Waals surface area contributed by atoms with Crippen LogP contribution in [-0.2, 0) is 9.47 Å². The van der Waals surface area contributed by atoms with Gasteiger partial charge >= 0.3 is 47.6 Å². The summed E-state index contributed by atoms with van der Waals surface area (Å²) >= 11 is 0. The Morgan fingerprint density at radius 3 is 1.06 bits per heavy atom. The molecule has 1 saturated heterocycles. The van der Waals surface area contributed by atoms with Crippen LogP contribution in [0.25, 0.3) is 80.6 Å². The molecule has 2 atom stereocenters. The molecule has 1 aliphatic heterocycles. The van der Waals surface area contributed by atoms with Gasteiger partial charge in [-0.2, -0.15) is 74.6 Å². The van der Waals surface area contributed by atoms with E-state index in [9.17, 15) is 65.9 Å². The zero-order valence-corrected chi connectivity index (χ0v) is 39.1. The van der Waals surface area contributed by atoms with Gasteiger partial charge in [-0.25, -0.2) is 39.9 Å². The number of fused-ring (bicyclic) bond motifs is 4. The van der Waals surface area contributed by atoms with Gasteiger partial charge in [0.1, 0.15) is 5.69 Å². The average molecular weight is 1110 g/mol. The maximum atomic E-state index is 15.2. The maximum absolute atomic E-state index is 15.2. The molecule has 2 unspecified atom stereocenters. The van der Waals surface area contributed by atoms with Gasteiger partial charge in [0.25, 0.3) is 0 Å². The quantitative estimate of drug-likeness (QED) is 0.0917. The first-order valence-electron chi connectivity index (χ1n) is 22.5. The normalized spacial score (nSPS) is 16.8. The zero-order chi connectivity index (χ0) is 56.4. The van der Waals surface area contributed by atoms with Crippen molar-refractivity contribution in [3.05, 3.63) is 143 Å². The molecule has 0 bridgehead atoms. The number of ether oxygens (including phenoxy) is 2. The Bertz CT molecular complexity index is 3700. The van der Waals surface area contributed by atoms with Crippen molar-refractivity contribution in [2.24, 2.45) is 0 Å². The topological polar surface area (TPSA) is 122 Å². The molecule has 10 nitrogen and oxygen atoms in total. The molecular formula is C51H31F17N8O2. The number of hydrogen-bond donors (Lipinski definition) is 0. The van der Waals surface area contributed by atoms with Gasteiger partial charge in [0, 0.05) is 6.42 Å². The summed E-state index contributed by atoms with van der Waals surface area (Å²) in [5, 5.41) is 0. The molecule has 406 valence electrons. The van der Waals surface area contributed by atoms with Crippen LogP contribution in [0.4, 0.5) is 74.6 Å². The second-order valence-corrected chi connectivity index (χ2v) is 17.4. The largest absolute Gasteiger partial charge is 0.460 e. The van der Waals surface area contributed by atoms with Gasteiger partial charge < -0.3 is 9.47 Å². The fourth-order valence-corrected chi connectivity index (χ4v) is 7.91. The maximum Gasteiger partial charge on any atom is 0.460 e. The van der Waals surface area contributed by atoms with Crippen molar-refractivity contribution in [2.75, 3.05) is 6.61 Å². The van der Waals surface area contributed by atoms with Crippen molar-refractivity contribution < 1.29 is 84.1 Å². The van der Waals surface area contributed by atoms with Crippen LogP contribution >= 0.6 is 0 Å². The third-order valence-electron chi connectivity index (χ3n) is 12.1. The Balaban J connectivity index is 1.02. The molecule has 0 amide bonds. The highest BCUT2D eigenvalue weighted by atomic mass is 19.4. The molecule has 8 aromatic rings. The lowest BCUT2D eigenvalue weighted by atomic mass is 9.88. The number of hydrogen-bond acceptors (Lipinski definition) is 10. The predicted molar refractivity (Wildman–Crippen MR) is 249 cm³/mol. The highest BCUT2D eigenvalue weighted by Crippen LogP contribution is 2.64. The Hall–Kier alpha value is -7.81. The van der Waals surface area contributed by atoms with E-state index in [1.807, 2.05) is 24.3 Å². The monoisotopic (exact) mass is 1110 g/mol. The summed E-state index contributed by atoms with van der Waals surface area (Å²) in [5.74, 6) is -57.4. The molecule has 1 fully saturated rings. The van der Waals surface area contributed by atoms with E-state index < -0.39 is 78.7 Å². The predicted octanol–water partition coefficient (Wildman–Crippen LogP) is 14.1. The molecule has 1 aliphatic rings. The Kier molecular flexibility index (Phi) is 13.8. The summed E-state index contributed by atoms with van der Waals surface area (Å²) in [6.45, 7) is 0.505. The van der Waals surface area contributed by atoms with E-state index in [1.165, 1.54) is 36.4 Å². The smallest absolute Gasteiger partial charge is 0.344 e. The number of nitrogens with zero attached hydrogens (tertiary/aromatic N) is 8. The van der Waals surface area contributed by atoms with Crippen molar-refractivity contribution in [1.29, 1.82) is 0 Å². The first-order chi connectivity index (χ1) is 36.5. The zero-order valence-electron chi connectivity index (χ0n) is 39.1. The summed E-state index contributed by atoms with van der Waals surface area (Å²) in [5.41, 5.74) is 5.14. The molecule has 0 aliphatic carbocycles. The summed E-state index contributed by atoms with van der Waals surface area (Å²) in [6, 6.07) is 26.9. The van der Waals surface area contributed by atoms with Gasteiger partial charge in [0.2, 0.25) is 6.29 Å². The number of benzene rings is 4. The van der Waals surface area contributed by atoms with Crippen molar-refractivity contribution in [1.82, 2.24) is 39.9 Å². The van der Waals surface area contributed by atoms with Gasteiger partial charge in [0.15, 0.2) is 0 Å². The first kappa shape index (κ1) is 55.0. The SMILES string of the molecule is Cc1nc2ccccc2nc1/C=C/c1nc2ccccc2nc1/C=C/c1nc2ccccc2nc1/C=C/c1nc2ccccc2nc1C1OCC(CC(F)(F)C(F)(F)C(F)(F)C(F)(F)C(F)(F)C(F)(F)C(F)(F)C(F)(F)F)O1. The highest BCUT2D eigenvalue weighted by Gasteiger charge is 2.95. The number of aryl methyl sites for hydroxylation is 1. The van der Waals surface area contributed by atoms with Gasteiger partial charge in [-0.3, -0.25) is 0 Å². The molecule has 9 rings (SSSR count). The van der Waals surface area contributed by atoms with E-state index in [2.05, 4.69) is 15.0 Å². The molecule has 5 heterocycles. The number of halogens is 17. The molecule has 27 heteroatoms. The molecule has 0 saturated carbocycles. The molecule has 0 spiro atoms. The average Bonchev–Trinajstić information content (AvgIpc) is 3.58. The standard InChI is InChI=1S/C51H31F17N8O2/c1-26-28(70-30-11-3-2-10-29(30)69-26)18-19-37-38(72-32-13-5-4-12-31(32)71-37)20-21-39-40(74-34-15-7-6-14-33(34)73-39)22-23-41-42(76-36-17-9-8-16-35(36)75-41)43-77-25-27(78-43)24-44(52,53)45(54,55)46(56,57)47(58,59)48(60,61)49(62,63)50(64,65)51(66,67)68/h2-23,27,43H,24-25H2,1H3/b19-18+,21-20+,23-22+. The van der Waals surface area contributed by atoms with Crippen LogP contribution in [0.1, 0.15) is 58.3 Å². The minimum Gasteiger partial charge on any atom is -0.344 e. The molecule has 78 heavy (non-hydrogen) atoms. The van der Waals surface area contributed by atoms with Crippen LogP contribution in [0.15, 0.2) is 97.1 Å². The molecular weight excluding hydrogens is 1080 g/mol. The Morgan fingerprint density at radius 1 is 0.385 bits per heavy atom. The summed E-state index contributed by atoms with van der Waals surface area (Å²) < 4.78 is 249. The third kappa shape index (κ3) is 9.48. The summed E-state index contributed by atoms with van der Waals surface area (Å²) in [4.78, 5) is 37.3. The van der Waals surface area contributed by atoms with E-state index in [-0.39, 0.29) is 28.1 Å². The lowest BCUT2D eigenvalue weighted by Crippen LogP contribution is -2.74. The second kappa shape index (κ2) is 19.6. The lowest BCUT2D eigenvalue weighted by molar-refractivity contribution is -0.462. The van der Waals surface area contributed by atoms with Crippen LogP contribution in [0, 0.1) is 6.92 Å². The minimum atomic E-state index is -8.75. The van der Waals surface area contributed by atoms with Crippen LogP contribution in [0.5, 0.6) is 0 Å². The summed E-state index contributed by atoms with van der Waals surface area (Å²) in [6.07, 6.45) is -6.10. The molecule has 0 N–H and O–H groups in total. The third-order valence-corrected chi connectivity index (χ3v) is 12.1. The number of para-hydroxylation sites is 8. The lowest BCUT2D eigenvalue weighted by Gasteiger charge is -2.43. The van der Waals surface area contributed by atoms with Gasteiger partial charge in [-0.15, -0.1) is 0 Å². The van der Waals surface area contributed by atoms with Crippen LogP contribution in [-0.4, -0.2) is 100 Å². The minimum absolute atomic E-state index is 0.0613. The first-order valence-corrected chi connectivity index (χ1v) is 22.5. The van der Waals surface area contributed by atoms with E-state index in [4.69, 9.17) is 34.4 Å². The molecule has 4 aromatic carbocycles. The van der Waals surface area contributed by atoms with E-state index in [0.717, 1.165) is 0 Å². The summed E-state index contributed by atoms with van der Waals surface area (Å²) in [7, 11) is 0. The van der Waals surface area contributed by atoms with Crippen molar-refractivity contribution in [3.63, 3.8) is 0 Å². The van der Waals surface area contributed by atoms with Gasteiger partial charge in [-0.05, 0) is 91.9 Å². The fraction of sp³-hybridized carbons (Fsp3) is 0.255. The molecule has 0 radical (unpaired) electrons.